The maximum absolute atomic E-state index is 13.2. The van der Waals surface area contributed by atoms with Crippen LogP contribution in [-0.4, -0.2) is 46.1 Å². The lowest BCUT2D eigenvalue weighted by molar-refractivity contribution is 0.0698. The van der Waals surface area contributed by atoms with Crippen molar-refractivity contribution in [3.05, 3.63) is 200 Å². The molecule has 10 rings (SSSR count). The summed E-state index contributed by atoms with van der Waals surface area (Å²) in [5.74, 6) is 0.0107. The van der Waals surface area contributed by atoms with Crippen molar-refractivity contribution in [3.8, 4) is 0 Å². The van der Waals surface area contributed by atoms with Gasteiger partial charge in [-0.05, 0) is 122 Å². The molecule has 0 radical (unpaired) electrons. The Balaban J connectivity index is 0.000000194. The molecule has 13 nitrogen and oxygen atoms in total. The highest BCUT2D eigenvalue weighted by atomic mass is 35.5. The van der Waals surface area contributed by atoms with Crippen LogP contribution in [0, 0.1) is 27.7 Å². The number of pyridine rings is 4. The van der Waals surface area contributed by atoms with Crippen LogP contribution in [0.2, 0.25) is 10.0 Å². The van der Waals surface area contributed by atoms with Crippen LogP contribution in [0.5, 0.6) is 0 Å². The lowest BCUT2D eigenvalue weighted by Crippen LogP contribution is -2.24. The number of carbonyl (C=O) groups excluding carboxylic acids is 1. The number of benzene rings is 4. The molecule has 0 fully saturated rings. The van der Waals surface area contributed by atoms with Crippen molar-refractivity contribution >= 4 is 103 Å². The van der Waals surface area contributed by atoms with Gasteiger partial charge in [0.05, 0.1) is 32.2 Å². The Labute approximate surface area is 428 Å². The number of carboxylic acids is 1. The number of hydrogen-bond donors (Lipinski definition) is 5. The Morgan fingerprint density at radius 3 is 1.55 bits per heavy atom. The Hall–Kier alpha value is -7.55. The van der Waals surface area contributed by atoms with Gasteiger partial charge in [-0.15, -0.1) is 12.4 Å². The number of nitrogens with two attached hydrogens (primary N) is 3. The lowest BCUT2D eigenvalue weighted by atomic mass is 10.1. The molecule has 0 saturated heterocycles. The standard InChI is InChI=1S/C27H24ClN5O.C19H13ClN2O2.C8H13N3.CH4.ClH/c1-16-9-26(29)32-17(2)22(16)13-31-27(34)23-15-33(25-6-4-3-5-21(23)25)14-18-7-8-24-19(10-18)11-20(28)12-30-24;20-14-8-13-7-12(5-6-17(13)21-9-14)10-22-11-16(19(23)24)15-3-1-2-4-18(15)22;1-5-3-8(10)11-6(2)7(5)4-9;;/h3-12,15H,13-14H2,1-2H3,(H2,29,32)(H,31,34);1-9,11H,10H2,(H,23,24);3H,4,9H2,1-2H3,(H2,10,11);1H4;1H. The summed E-state index contributed by atoms with van der Waals surface area (Å²) in [6, 6.07) is 35.0. The van der Waals surface area contributed by atoms with Crippen LogP contribution in [-0.2, 0) is 26.2 Å². The van der Waals surface area contributed by atoms with E-state index < -0.39 is 5.97 Å². The number of aromatic carboxylic acids is 1. The molecule has 0 atom stereocenters. The maximum atomic E-state index is 13.2. The van der Waals surface area contributed by atoms with Crippen molar-refractivity contribution in [2.45, 2.75) is 61.3 Å². The number of carboxylic acid groups (broad SMARTS) is 1. The van der Waals surface area contributed by atoms with Crippen molar-refractivity contribution in [1.29, 1.82) is 0 Å². The van der Waals surface area contributed by atoms with E-state index >= 15 is 0 Å². The molecule has 0 bridgehead atoms. The SMILES string of the molecule is C.Cc1cc(N)nc(C)c1CN.Cc1cc(N)nc(C)c1CNC(=O)c1cn(Cc2ccc3ncc(Cl)cc3c2)c2ccccc12.Cl.O=C(O)c1cn(Cc2ccc3ncc(Cl)cc3c2)c2ccccc12. The Bertz CT molecular complexity index is 3530. The van der Waals surface area contributed by atoms with Crippen molar-refractivity contribution in [2.24, 2.45) is 5.73 Å². The zero-order valence-electron chi connectivity index (χ0n) is 38.9. The number of aryl methyl sites for hydroxylation is 4. The summed E-state index contributed by atoms with van der Waals surface area (Å²) in [6.07, 6.45) is 6.88. The smallest absolute Gasteiger partial charge is 0.337 e. The highest BCUT2D eigenvalue weighted by Crippen LogP contribution is 2.27. The summed E-state index contributed by atoms with van der Waals surface area (Å²) in [6.45, 7) is 9.92. The normalized spacial score (nSPS) is 10.7. The molecule has 8 N–H and O–H groups in total. The number of aromatic nitrogens is 6. The monoisotopic (exact) mass is 1010 g/mol. The predicted octanol–water partition coefficient (Wildman–Crippen LogP) is 11.8. The van der Waals surface area contributed by atoms with Gasteiger partial charge >= 0.3 is 5.97 Å². The van der Waals surface area contributed by atoms with Crippen LogP contribution in [0.1, 0.15) is 72.9 Å². The second kappa shape index (κ2) is 22.9. The summed E-state index contributed by atoms with van der Waals surface area (Å²) >= 11 is 12.1. The number of amides is 1. The molecular formula is C55H55Cl3N10O3. The fourth-order valence-electron chi connectivity index (χ4n) is 8.62. The number of nitrogens with one attached hydrogen (secondary N) is 1. The van der Waals surface area contributed by atoms with E-state index in [1.54, 1.807) is 18.6 Å². The molecule has 10 aromatic rings. The third kappa shape index (κ3) is 12.1. The van der Waals surface area contributed by atoms with E-state index in [2.05, 4.69) is 42.0 Å². The summed E-state index contributed by atoms with van der Waals surface area (Å²) < 4.78 is 4.06. The number of anilines is 2. The molecular weight excluding hydrogens is 955 g/mol. The van der Waals surface area contributed by atoms with Crippen molar-refractivity contribution in [1.82, 2.24) is 34.4 Å². The average Bonchev–Trinajstić information content (AvgIpc) is 3.87. The molecule has 6 aromatic heterocycles. The molecule has 0 spiro atoms. The molecule has 1 amide bonds. The first-order valence-electron chi connectivity index (χ1n) is 22.1. The van der Waals surface area contributed by atoms with Gasteiger partial charge in [-0.1, -0.05) is 79.2 Å². The molecule has 0 aliphatic rings. The van der Waals surface area contributed by atoms with Gasteiger partial charge in [-0.3, -0.25) is 14.8 Å². The Morgan fingerprint density at radius 2 is 1.08 bits per heavy atom. The van der Waals surface area contributed by atoms with Crippen LogP contribution in [0.15, 0.2) is 134 Å². The summed E-state index contributed by atoms with van der Waals surface area (Å²) in [5, 5.41) is 17.3. The van der Waals surface area contributed by atoms with Crippen molar-refractivity contribution < 1.29 is 14.7 Å². The van der Waals surface area contributed by atoms with E-state index in [4.69, 9.17) is 40.4 Å². The minimum Gasteiger partial charge on any atom is -0.478 e. The first kappa shape index (κ1) is 52.8. The fraction of sp³-hybridized carbons (Fsp3) is 0.164. The van der Waals surface area contributed by atoms with Crippen LogP contribution >= 0.6 is 35.6 Å². The zero-order chi connectivity index (χ0) is 48.9. The lowest BCUT2D eigenvalue weighted by Gasteiger charge is -2.11. The average molecular weight is 1010 g/mol. The molecule has 0 unspecified atom stereocenters. The van der Waals surface area contributed by atoms with E-state index in [1.807, 2.05) is 136 Å². The molecule has 4 aromatic carbocycles. The summed E-state index contributed by atoms with van der Waals surface area (Å²) in [5.41, 5.74) is 29.6. The van der Waals surface area contributed by atoms with Gasteiger partial charge in [-0.25, -0.2) is 14.8 Å². The quantitative estimate of drug-likeness (QED) is 0.0925. The van der Waals surface area contributed by atoms with E-state index in [1.165, 1.54) is 0 Å². The largest absolute Gasteiger partial charge is 0.478 e. The van der Waals surface area contributed by atoms with E-state index in [9.17, 15) is 14.7 Å². The fourth-order valence-corrected chi connectivity index (χ4v) is 8.95. The molecule has 71 heavy (non-hydrogen) atoms. The minimum atomic E-state index is -0.917. The van der Waals surface area contributed by atoms with E-state index in [0.717, 1.165) is 88.4 Å². The van der Waals surface area contributed by atoms with Crippen molar-refractivity contribution in [3.63, 3.8) is 0 Å². The minimum absolute atomic E-state index is 0. The summed E-state index contributed by atoms with van der Waals surface area (Å²) in [4.78, 5) is 41.7. The molecule has 16 heteroatoms. The first-order valence-corrected chi connectivity index (χ1v) is 22.8. The maximum Gasteiger partial charge on any atom is 0.337 e. The third-order valence-corrected chi connectivity index (χ3v) is 12.4. The third-order valence-electron chi connectivity index (χ3n) is 12.0. The Kier molecular flexibility index (Phi) is 17.0. The van der Waals surface area contributed by atoms with E-state index in [0.29, 0.717) is 59.0 Å². The van der Waals surface area contributed by atoms with Gasteiger partial charge < -0.3 is 36.8 Å². The highest BCUT2D eigenvalue weighted by Gasteiger charge is 2.17. The van der Waals surface area contributed by atoms with Gasteiger partial charge in [0.25, 0.3) is 5.91 Å². The molecule has 0 aliphatic carbocycles. The Morgan fingerprint density at radius 1 is 0.634 bits per heavy atom. The number of halogens is 3. The topological polar surface area (TPSA) is 206 Å². The van der Waals surface area contributed by atoms with Gasteiger partial charge in [0.2, 0.25) is 0 Å². The number of fused-ring (bicyclic) bond motifs is 4. The number of nitrogen functional groups attached to an aromatic ring is 2. The highest BCUT2D eigenvalue weighted by molar-refractivity contribution is 6.31. The van der Waals surface area contributed by atoms with Gasteiger partial charge in [0.1, 0.15) is 11.6 Å². The molecule has 0 saturated carbocycles. The van der Waals surface area contributed by atoms with Gasteiger partial charge in [0.15, 0.2) is 0 Å². The number of nitrogens with zero attached hydrogens (tertiary/aromatic N) is 6. The van der Waals surface area contributed by atoms with Gasteiger partial charge in [-0.2, -0.15) is 0 Å². The van der Waals surface area contributed by atoms with E-state index in [-0.39, 0.29) is 25.7 Å². The van der Waals surface area contributed by atoms with Crippen molar-refractivity contribution in [2.75, 3.05) is 11.5 Å². The molecule has 364 valence electrons. The van der Waals surface area contributed by atoms with Crippen LogP contribution in [0.25, 0.3) is 43.6 Å². The first-order chi connectivity index (χ1) is 33.1. The number of para-hydroxylation sites is 2. The number of rotatable bonds is 9. The summed E-state index contributed by atoms with van der Waals surface area (Å²) in [7, 11) is 0. The van der Waals surface area contributed by atoms with Gasteiger partial charge in [0, 0.05) is 94.9 Å². The predicted molar refractivity (Wildman–Crippen MR) is 292 cm³/mol. The zero-order valence-corrected chi connectivity index (χ0v) is 41.2. The number of hydrogen-bond acceptors (Lipinski definition) is 9. The van der Waals surface area contributed by atoms with Crippen LogP contribution < -0.4 is 22.5 Å². The molecule has 6 heterocycles. The number of carbonyl (C=O) groups is 2. The van der Waals surface area contributed by atoms with Crippen LogP contribution in [0.4, 0.5) is 11.6 Å². The second-order valence-corrected chi connectivity index (χ2v) is 17.7. The van der Waals surface area contributed by atoms with Crippen LogP contribution in [0.3, 0.4) is 0 Å². The molecule has 0 aliphatic heterocycles. The second-order valence-electron chi connectivity index (χ2n) is 16.8.